The summed E-state index contributed by atoms with van der Waals surface area (Å²) in [5, 5.41) is 0. The standard InChI is InChI=1S/C4H9N.3C3H8N.Nb/c1-4(2,3)5;3*1-3-4-2;/h1-3H3;3*3H2,1-2H3;/q;3*-1;+3. The van der Waals surface area contributed by atoms with Gasteiger partial charge in [-0.15, -0.1) is 0 Å². The van der Waals surface area contributed by atoms with Gasteiger partial charge in [0.25, 0.3) is 0 Å². The number of hydrogen-bond donors (Lipinski definition) is 0. The van der Waals surface area contributed by atoms with Crippen molar-refractivity contribution in [2.75, 3.05) is 40.8 Å². The quantitative estimate of drug-likeness (QED) is 0.695. The Hall–Kier alpha value is 0.420. The van der Waals surface area contributed by atoms with E-state index in [9.17, 15) is 0 Å². The molecule has 0 N–H and O–H groups in total. The van der Waals surface area contributed by atoms with Gasteiger partial charge in [0.1, 0.15) is 0 Å². The van der Waals surface area contributed by atoms with Gasteiger partial charge in [0.2, 0.25) is 0 Å². The molecule has 0 aromatic carbocycles. The van der Waals surface area contributed by atoms with Crippen LogP contribution in [0.1, 0.15) is 41.5 Å². The molecule has 0 unspecified atom stereocenters. The average molecular weight is 338 g/mol. The Morgan fingerprint density at radius 3 is 1.22 bits per heavy atom. The molecule has 0 fully saturated rings. The monoisotopic (exact) mass is 338 g/mol. The van der Waals surface area contributed by atoms with Crippen LogP contribution in [0.25, 0.3) is 0 Å². The normalized spacial score (nSPS) is 13.8. The second-order valence-electron chi connectivity index (χ2n) is 5.73. The molecule has 0 aromatic rings. The average Bonchev–Trinajstić information content (AvgIpc) is 2.31. The first kappa shape index (κ1) is 18.4. The Morgan fingerprint density at radius 2 is 1.06 bits per heavy atom. The van der Waals surface area contributed by atoms with Crippen molar-refractivity contribution in [1.82, 2.24) is 9.91 Å². The molecule has 0 aliphatic heterocycles. The van der Waals surface area contributed by atoms with E-state index in [1.165, 1.54) is 0 Å². The van der Waals surface area contributed by atoms with Crippen molar-refractivity contribution in [3.05, 3.63) is 0 Å². The van der Waals surface area contributed by atoms with E-state index in [0.29, 0.717) is 0 Å². The number of nitrogens with zero attached hydrogens (tertiary/aromatic N) is 4. The minimum absolute atomic E-state index is 0.0158. The van der Waals surface area contributed by atoms with Crippen molar-refractivity contribution in [3.8, 4) is 0 Å². The zero-order chi connectivity index (χ0) is 14.6. The zero-order valence-corrected chi connectivity index (χ0v) is 16.1. The maximum atomic E-state index is 5.33. The van der Waals surface area contributed by atoms with Gasteiger partial charge in [-0.05, 0) is 0 Å². The molecule has 5 heteroatoms. The van der Waals surface area contributed by atoms with Gasteiger partial charge in [0, 0.05) is 0 Å². The first-order chi connectivity index (χ1) is 8.15. The predicted octanol–water partition coefficient (Wildman–Crippen LogP) is 2.72. The molecule has 0 saturated heterocycles. The summed E-state index contributed by atoms with van der Waals surface area (Å²) in [5.41, 5.74) is 0.0158. The fourth-order valence-electron chi connectivity index (χ4n) is 1.98. The van der Waals surface area contributed by atoms with Crippen LogP contribution in [0.15, 0.2) is 3.34 Å². The molecule has 110 valence electrons. The number of rotatable bonds is 6. The van der Waals surface area contributed by atoms with Crippen LogP contribution in [0.2, 0.25) is 0 Å². The molecule has 0 atom stereocenters. The predicted molar refractivity (Wildman–Crippen MR) is 77.1 cm³/mol. The van der Waals surface area contributed by atoms with Crippen molar-refractivity contribution in [2.24, 2.45) is 3.34 Å². The third-order valence-corrected chi connectivity index (χ3v) is 14.2. The summed E-state index contributed by atoms with van der Waals surface area (Å²) < 4.78 is 12.9. The summed E-state index contributed by atoms with van der Waals surface area (Å²) in [4.78, 5) is 0. The van der Waals surface area contributed by atoms with E-state index >= 15 is 0 Å². The van der Waals surface area contributed by atoms with Gasteiger partial charge < -0.3 is 0 Å². The molecular weight excluding hydrogens is 305 g/mol. The first-order valence-corrected chi connectivity index (χ1v) is 10.9. The van der Waals surface area contributed by atoms with Crippen LogP contribution < -0.4 is 0 Å². The van der Waals surface area contributed by atoms with Crippen molar-refractivity contribution in [2.45, 2.75) is 47.1 Å². The van der Waals surface area contributed by atoms with E-state index in [2.05, 4.69) is 72.6 Å². The summed E-state index contributed by atoms with van der Waals surface area (Å²) in [6.07, 6.45) is 0. The molecule has 0 aliphatic rings. The van der Waals surface area contributed by atoms with E-state index in [0.717, 1.165) is 19.6 Å². The van der Waals surface area contributed by atoms with Crippen LogP contribution in [0, 0.1) is 0 Å². The molecular formula is C13H33N4Nb. The van der Waals surface area contributed by atoms with Crippen LogP contribution in [-0.2, 0) is 17.7 Å². The van der Waals surface area contributed by atoms with Gasteiger partial charge in [-0.1, -0.05) is 0 Å². The molecule has 0 aromatic heterocycles. The van der Waals surface area contributed by atoms with Crippen LogP contribution in [0.4, 0.5) is 0 Å². The Bertz CT molecular complexity index is 263. The summed E-state index contributed by atoms with van der Waals surface area (Å²) in [7, 11) is 6.71. The Kier molecular flexibility index (Phi) is 7.44. The fraction of sp³-hybridized carbons (Fsp3) is 1.00. The molecule has 0 radical (unpaired) electrons. The second kappa shape index (κ2) is 7.27. The van der Waals surface area contributed by atoms with Crippen LogP contribution in [-0.4, -0.2) is 56.2 Å². The molecule has 18 heavy (non-hydrogen) atoms. The SMILES string of the molecule is CC[N](C)[Nb](=[N]C(C)(C)C)([N](C)CC)[N](C)CC. The van der Waals surface area contributed by atoms with E-state index in [1.54, 1.807) is 0 Å². The molecule has 4 nitrogen and oxygen atoms in total. The molecule has 0 rings (SSSR count). The van der Waals surface area contributed by atoms with Gasteiger partial charge in [-0.3, -0.25) is 0 Å². The van der Waals surface area contributed by atoms with Crippen LogP contribution in [0.3, 0.4) is 0 Å². The Labute approximate surface area is 119 Å². The van der Waals surface area contributed by atoms with Crippen molar-refractivity contribution in [1.29, 1.82) is 0 Å². The second-order valence-corrected chi connectivity index (χ2v) is 13.9. The van der Waals surface area contributed by atoms with Crippen molar-refractivity contribution < 1.29 is 17.7 Å². The summed E-state index contributed by atoms with van der Waals surface area (Å²) in [6.45, 7) is 16.5. The third kappa shape index (κ3) is 4.22. The van der Waals surface area contributed by atoms with Gasteiger partial charge >= 0.3 is 119 Å². The Morgan fingerprint density at radius 1 is 0.778 bits per heavy atom. The van der Waals surface area contributed by atoms with E-state index in [-0.39, 0.29) is 5.54 Å². The fourth-order valence-corrected chi connectivity index (χ4v) is 11.7. The van der Waals surface area contributed by atoms with Crippen LogP contribution >= 0.6 is 0 Å². The first-order valence-electron chi connectivity index (χ1n) is 6.94. The number of hydrogen-bond acceptors (Lipinski definition) is 1. The summed E-state index contributed by atoms with van der Waals surface area (Å²) in [6, 6.07) is 0. The van der Waals surface area contributed by atoms with Crippen LogP contribution in [0.5, 0.6) is 0 Å². The molecule has 0 heterocycles. The molecule has 0 amide bonds. The molecule has 0 spiro atoms. The van der Waals surface area contributed by atoms with Gasteiger partial charge in [-0.2, -0.15) is 0 Å². The minimum atomic E-state index is -2.89. The van der Waals surface area contributed by atoms with E-state index in [1.807, 2.05) is 0 Å². The molecule has 0 aliphatic carbocycles. The van der Waals surface area contributed by atoms with E-state index in [4.69, 9.17) is 3.34 Å². The van der Waals surface area contributed by atoms with Crippen molar-refractivity contribution in [3.63, 3.8) is 0 Å². The topological polar surface area (TPSA) is 22.1 Å². The van der Waals surface area contributed by atoms with Crippen molar-refractivity contribution >= 4 is 0 Å². The molecule has 0 bridgehead atoms. The maximum absolute atomic E-state index is 5.33. The molecule has 0 saturated carbocycles. The Balaban J connectivity index is 5.95. The summed E-state index contributed by atoms with van der Waals surface area (Å²) >= 11 is -2.89. The van der Waals surface area contributed by atoms with Gasteiger partial charge in [-0.25, -0.2) is 0 Å². The van der Waals surface area contributed by atoms with Gasteiger partial charge in [0.15, 0.2) is 0 Å². The van der Waals surface area contributed by atoms with Gasteiger partial charge in [0.05, 0.1) is 0 Å². The van der Waals surface area contributed by atoms with E-state index < -0.39 is 17.7 Å². The third-order valence-electron chi connectivity index (χ3n) is 3.18. The zero-order valence-electron chi connectivity index (χ0n) is 13.9. The summed E-state index contributed by atoms with van der Waals surface area (Å²) in [5.74, 6) is 0.